The summed E-state index contributed by atoms with van der Waals surface area (Å²) in [7, 11) is 0. The predicted molar refractivity (Wildman–Crippen MR) is 77.3 cm³/mol. The topological polar surface area (TPSA) is 55.4 Å². The van der Waals surface area contributed by atoms with Crippen molar-refractivity contribution in [2.75, 3.05) is 13.2 Å². The van der Waals surface area contributed by atoms with Crippen molar-refractivity contribution in [3.63, 3.8) is 0 Å². The van der Waals surface area contributed by atoms with Gasteiger partial charge in [-0.25, -0.2) is 0 Å². The van der Waals surface area contributed by atoms with Gasteiger partial charge in [0.15, 0.2) is 12.4 Å². The highest BCUT2D eigenvalue weighted by Gasteiger charge is 2.31. The molecule has 0 saturated carbocycles. The molecule has 2 rings (SSSR count). The van der Waals surface area contributed by atoms with Crippen LogP contribution < -0.4 is 10.1 Å². The Morgan fingerprint density at radius 2 is 2.20 bits per heavy atom. The first kappa shape index (κ1) is 14.6. The lowest BCUT2D eigenvalue weighted by molar-refractivity contribution is -0.123. The summed E-state index contributed by atoms with van der Waals surface area (Å²) in [6.45, 7) is 6.65. The van der Waals surface area contributed by atoms with E-state index in [0.29, 0.717) is 24.3 Å². The molecule has 20 heavy (non-hydrogen) atoms. The SMILES string of the molecule is CCCNC(=O)COc1ccc(C)c2c1C(=O)CC2C. The van der Waals surface area contributed by atoms with Gasteiger partial charge in [-0.2, -0.15) is 0 Å². The molecule has 1 aromatic carbocycles. The predicted octanol–water partition coefficient (Wildman–Crippen LogP) is 2.59. The molecule has 0 aromatic heterocycles. The molecular formula is C16H21NO3. The Labute approximate surface area is 119 Å². The molecule has 4 heteroatoms. The molecule has 108 valence electrons. The summed E-state index contributed by atoms with van der Waals surface area (Å²) in [5.74, 6) is 0.724. The maximum Gasteiger partial charge on any atom is 0.257 e. The number of rotatable bonds is 5. The number of hydrogen-bond donors (Lipinski definition) is 1. The molecule has 1 unspecified atom stereocenters. The Bertz CT molecular complexity index is 537. The zero-order valence-electron chi connectivity index (χ0n) is 12.3. The summed E-state index contributed by atoms with van der Waals surface area (Å²) >= 11 is 0. The van der Waals surface area contributed by atoms with E-state index in [1.54, 1.807) is 6.07 Å². The van der Waals surface area contributed by atoms with Crippen molar-refractivity contribution in [2.24, 2.45) is 0 Å². The molecule has 4 nitrogen and oxygen atoms in total. The number of benzene rings is 1. The number of carbonyl (C=O) groups excluding carboxylic acids is 2. The number of ether oxygens (including phenoxy) is 1. The van der Waals surface area contributed by atoms with Crippen LogP contribution in [0.15, 0.2) is 12.1 Å². The van der Waals surface area contributed by atoms with Crippen molar-refractivity contribution in [1.82, 2.24) is 5.32 Å². The van der Waals surface area contributed by atoms with Crippen molar-refractivity contribution in [1.29, 1.82) is 0 Å². The van der Waals surface area contributed by atoms with Crippen molar-refractivity contribution in [3.05, 3.63) is 28.8 Å². The van der Waals surface area contributed by atoms with E-state index in [9.17, 15) is 9.59 Å². The zero-order chi connectivity index (χ0) is 14.7. The fourth-order valence-electron chi connectivity index (χ4n) is 2.69. The first-order chi connectivity index (χ1) is 9.54. The van der Waals surface area contributed by atoms with Crippen LogP contribution in [0.25, 0.3) is 0 Å². The van der Waals surface area contributed by atoms with E-state index in [2.05, 4.69) is 12.2 Å². The standard InChI is InChI=1S/C16H21NO3/c1-4-7-17-14(19)9-20-13-6-5-10(2)15-11(3)8-12(18)16(13)15/h5-6,11H,4,7-9H2,1-3H3,(H,17,19). The second-order valence-corrected chi connectivity index (χ2v) is 5.34. The molecule has 1 amide bonds. The molecule has 1 atom stereocenters. The summed E-state index contributed by atoms with van der Waals surface area (Å²) in [6, 6.07) is 3.74. The highest BCUT2D eigenvalue weighted by Crippen LogP contribution is 2.40. The lowest BCUT2D eigenvalue weighted by Crippen LogP contribution is -2.29. The molecule has 0 radical (unpaired) electrons. The van der Waals surface area contributed by atoms with Gasteiger partial charge in [0.1, 0.15) is 5.75 Å². The number of aryl methyl sites for hydroxylation is 1. The van der Waals surface area contributed by atoms with Gasteiger partial charge in [-0.05, 0) is 36.5 Å². The van der Waals surface area contributed by atoms with Gasteiger partial charge >= 0.3 is 0 Å². The minimum Gasteiger partial charge on any atom is -0.483 e. The molecule has 0 bridgehead atoms. The normalized spacial score (nSPS) is 16.9. The second kappa shape index (κ2) is 6.07. The van der Waals surface area contributed by atoms with Crippen LogP contribution in [0.3, 0.4) is 0 Å². The third kappa shape index (κ3) is 2.84. The number of Topliss-reactive ketones (excluding diaryl/α,β-unsaturated/α-hetero) is 1. The van der Waals surface area contributed by atoms with Gasteiger partial charge < -0.3 is 10.1 Å². The average Bonchev–Trinajstić information content (AvgIpc) is 2.72. The van der Waals surface area contributed by atoms with E-state index in [1.807, 2.05) is 19.9 Å². The van der Waals surface area contributed by atoms with Crippen molar-refractivity contribution in [2.45, 2.75) is 39.5 Å². The lowest BCUT2D eigenvalue weighted by atomic mass is 9.97. The van der Waals surface area contributed by atoms with Crippen LogP contribution in [0.5, 0.6) is 5.75 Å². The van der Waals surface area contributed by atoms with Crippen molar-refractivity contribution in [3.8, 4) is 5.75 Å². The Morgan fingerprint density at radius 1 is 1.45 bits per heavy atom. The fraction of sp³-hybridized carbons (Fsp3) is 0.500. The number of fused-ring (bicyclic) bond motifs is 1. The first-order valence-corrected chi connectivity index (χ1v) is 7.10. The summed E-state index contributed by atoms with van der Waals surface area (Å²) in [5.41, 5.74) is 2.85. The fourth-order valence-corrected chi connectivity index (χ4v) is 2.69. The highest BCUT2D eigenvalue weighted by atomic mass is 16.5. The van der Waals surface area contributed by atoms with Gasteiger partial charge in [0.2, 0.25) is 0 Å². The Hall–Kier alpha value is -1.84. The molecule has 1 N–H and O–H groups in total. The largest absolute Gasteiger partial charge is 0.483 e. The molecule has 0 saturated heterocycles. The summed E-state index contributed by atoms with van der Waals surface area (Å²) in [4.78, 5) is 23.7. The van der Waals surface area contributed by atoms with Crippen LogP contribution in [-0.4, -0.2) is 24.8 Å². The number of hydrogen-bond acceptors (Lipinski definition) is 3. The lowest BCUT2D eigenvalue weighted by Gasteiger charge is -2.13. The summed E-state index contributed by atoms with van der Waals surface area (Å²) in [5, 5.41) is 2.75. The number of amides is 1. The van der Waals surface area contributed by atoms with Crippen molar-refractivity contribution < 1.29 is 14.3 Å². The van der Waals surface area contributed by atoms with E-state index in [1.165, 1.54) is 0 Å². The smallest absolute Gasteiger partial charge is 0.257 e. The third-order valence-electron chi connectivity index (χ3n) is 3.62. The van der Waals surface area contributed by atoms with E-state index in [4.69, 9.17) is 4.74 Å². The van der Waals surface area contributed by atoms with Crippen LogP contribution in [0.2, 0.25) is 0 Å². The van der Waals surface area contributed by atoms with Crippen molar-refractivity contribution >= 4 is 11.7 Å². The third-order valence-corrected chi connectivity index (χ3v) is 3.62. The van der Waals surface area contributed by atoms with E-state index in [-0.39, 0.29) is 24.2 Å². The van der Waals surface area contributed by atoms with E-state index < -0.39 is 0 Å². The van der Waals surface area contributed by atoms with Crippen LogP contribution >= 0.6 is 0 Å². The van der Waals surface area contributed by atoms with Crippen LogP contribution in [0, 0.1) is 6.92 Å². The molecule has 0 aliphatic heterocycles. The van der Waals surface area contributed by atoms with Crippen LogP contribution in [0.4, 0.5) is 0 Å². The number of ketones is 1. The van der Waals surface area contributed by atoms with Gasteiger partial charge in [-0.15, -0.1) is 0 Å². The van der Waals surface area contributed by atoms with Gasteiger partial charge in [-0.1, -0.05) is 19.9 Å². The molecule has 0 spiro atoms. The Balaban J connectivity index is 2.14. The van der Waals surface area contributed by atoms with Gasteiger partial charge in [0.05, 0.1) is 5.56 Å². The maximum absolute atomic E-state index is 12.1. The monoisotopic (exact) mass is 275 g/mol. The van der Waals surface area contributed by atoms with E-state index in [0.717, 1.165) is 17.5 Å². The van der Waals surface area contributed by atoms with Crippen LogP contribution in [0.1, 0.15) is 54.1 Å². The molecule has 1 aromatic rings. The van der Waals surface area contributed by atoms with Gasteiger partial charge in [-0.3, -0.25) is 9.59 Å². The minimum atomic E-state index is -0.153. The summed E-state index contributed by atoms with van der Waals surface area (Å²) in [6.07, 6.45) is 1.42. The zero-order valence-corrected chi connectivity index (χ0v) is 12.3. The number of nitrogens with one attached hydrogen (secondary N) is 1. The molecule has 1 aliphatic carbocycles. The summed E-state index contributed by atoms with van der Waals surface area (Å²) < 4.78 is 5.55. The molecule has 0 fully saturated rings. The van der Waals surface area contributed by atoms with E-state index >= 15 is 0 Å². The quantitative estimate of drug-likeness (QED) is 0.898. The van der Waals surface area contributed by atoms with Crippen LogP contribution in [-0.2, 0) is 4.79 Å². The average molecular weight is 275 g/mol. The van der Waals surface area contributed by atoms with Gasteiger partial charge in [0.25, 0.3) is 5.91 Å². The Kier molecular flexibility index (Phi) is 4.42. The minimum absolute atomic E-state index is 0.0445. The maximum atomic E-state index is 12.1. The molecule has 1 aliphatic rings. The molecular weight excluding hydrogens is 254 g/mol. The Morgan fingerprint density at radius 3 is 2.90 bits per heavy atom. The number of carbonyl (C=O) groups is 2. The van der Waals surface area contributed by atoms with Gasteiger partial charge in [0, 0.05) is 13.0 Å². The first-order valence-electron chi connectivity index (χ1n) is 7.10. The highest BCUT2D eigenvalue weighted by molar-refractivity contribution is 6.04. The molecule has 0 heterocycles. The second-order valence-electron chi connectivity index (χ2n) is 5.34.